The van der Waals surface area contributed by atoms with Gasteiger partial charge in [-0.05, 0) is 36.8 Å². The minimum Gasteiger partial charge on any atom is -0.370 e. The van der Waals surface area contributed by atoms with Gasteiger partial charge >= 0.3 is 0 Å². The quantitative estimate of drug-likeness (QED) is 0.563. The first kappa shape index (κ1) is 19.2. The van der Waals surface area contributed by atoms with Gasteiger partial charge in [0.25, 0.3) is 5.91 Å². The zero-order chi connectivity index (χ0) is 19.7. The number of aryl methyl sites for hydroxylation is 1. The predicted molar refractivity (Wildman–Crippen MR) is 112 cm³/mol. The van der Waals surface area contributed by atoms with E-state index in [1.807, 2.05) is 61.5 Å². The van der Waals surface area contributed by atoms with E-state index in [4.69, 9.17) is 16.3 Å². The highest BCUT2D eigenvalue weighted by atomic mass is 79.9. The average Bonchev–Trinajstić information content (AvgIpc) is 3.03. The number of carbonyl (C=O) groups is 1. The SMILES string of the molecule is Cc1nn(-c2ccccc2)c(Cl)c1C(=O)N1CCOC(c2ccc(Br)cc2)C1. The van der Waals surface area contributed by atoms with Crippen molar-refractivity contribution in [3.8, 4) is 5.69 Å². The number of nitrogens with zero attached hydrogens (tertiary/aromatic N) is 3. The third-order valence-corrected chi connectivity index (χ3v) is 5.69. The molecule has 1 unspecified atom stereocenters. The van der Waals surface area contributed by atoms with Crippen molar-refractivity contribution in [3.05, 3.63) is 81.0 Å². The number of para-hydroxylation sites is 1. The molecule has 7 heteroatoms. The maximum Gasteiger partial charge on any atom is 0.259 e. The zero-order valence-electron chi connectivity index (χ0n) is 15.3. The van der Waals surface area contributed by atoms with Gasteiger partial charge in [0.05, 0.1) is 30.1 Å². The second-order valence-electron chi connectivity index (χ2n) is 6.66. The van der Waals surface area contributed by atoms with Gasteiger partial charge in [0.1, 0.15) is 11.3 Å². The average molecular weight is 461 g/mol. The number of carbonyl (C=O) groups excluding carboxylic acids is 1. The molecule has 0 aliphatic carbocycles. The lowest BCUT2D eigenvalue weighted by atomic mass is 10.1. The zero-order valence-corrected chi connectivity index (χ0v) is 17.7. The van der Waals surface area contributed by atoms with Crippen LogP contribution in [0.15, 0.2) is 59.1 Å². The number of hydrogen-bond acceptors (Lipinski definition) is 3. The Bertz CT molecular complexity index is 989. The van der Waals surface area contributed by atoms with E-state index in [9.17, 15) is 4.79 Å². The van der Waals surface area contributed by atoms with Crippen LogP contribution in [0.2, 0.25) is 5.15 Å². The van der Waals surface area contributed by atoms with Crippen LogP contribution in [0.4, 0.5) is 0 Å². The van der Waals surface area contributed by atoms with E-state index >= 15 is 0 Å². The number of rotatable bonds is 3. The number of hydrogen-bond donors (Lipinski definition) is 0. The second-order valence-corrected chi connectivity index (χ2v) is 7.93. The van der Waals surface area contributed by atoms with Crippen LogP contribution >= 0.6 is 27.5 Å². The van der Waals surface area contributed by atoms with Crippen LogP contribution in [-0.2, 0) is 4.74 Å². The molecule has 2 aromatic carbocycles. The minimum atomic E-state index is -0.158. The summed E-state index contributed by atoms with van der Waals surface area (Å²) in [6.07, 6.45) is -0.158. The topological polar surface area (TPSA) is 47.4 Å². The lowest BCUT2D eigenvalue weighted by Crippen LogP contribution is -2.42. The van der Waals surface area contributed by atoms with Crippen LogP contribution < -0.4 is 0 Å². The van der Waals surface area contributed by atoms with Crippen LogP contribution in [0.3, 0.4) is 0 Å². The summed E-state index contributed by atoms with van der Waals surface area (Å²) in [5.41, 5.74) is 2.93. The van der Waals surface area contributed by atoms with Crippen molar-refractivity contribution in [2.24, 2.45) is 0 Å². The Morgan fingerprint density at radius 2 is 1.89 bits per heavy atom. The molecular weight excluding hydrogens is 442 g/mol. The summed E-state index contributed by atoms with van der Waals surface area (Å²) in [5.74, 6) is -0.116. The molecule has 1 atom stereocenters. The van der Waals surface area contributed by atoms with Crippen molar-refractivity contribution in [3.63, 3.8) is 0 Å². The fourth-order valence-corrected chi connectivity index (χ4v) is 3.97. The third-order valence-electron chi connectivity index (χ3n) is 4.81. The molecule has 1 amide bonds. The van der Waals surface area contributed by atoms with E-state index in [0.717, 1.165) is 15.7 Å². The Labute approximate surface area is 177 Å². The van der Waals surface area contributed by atoms with E-state index in [1.165, 1.54) is 0 Å². The van der Waals surface area contributed by atoms with Crippen molar-refractivity contribution in [2.75, 3.05) is 19.7 Å². The molecule has 1 fully saturated rings. The number of ether oxygens (including phenoxy) is 1. The van der Waals surface area contributed by atoms with Gasteiger partial charge in [0.2, 0.25) is 0 Å². The summed E-state index contributed by atoms with van der Waals surface area (Å²) in [4.78, 5) is 15.0. The molecule has 0 saturated carbocycles. The number of halogens is 2. The van der Waals surface area contributed by atoms with Crippen LogP contribution in [0.5, 0.6) is 0 Å². The summed E-state index contributed by atoms with van der Waals surface area (Å²) in [7, 11) is 0. The van der Waals surface area contributed by atoms with E-state index in [0.29, 0.717) is 36.1 Å². The number of benzene rings is 2. The summed E-state index contributed by atoms with van der Waals surface area (Å²) >= 11 is 10.0. The number of aromatic nitrogens is 2. The molecule has 0 bridgehead atoms. The molecule has 2 heterocycles. The smallest absolute Gasteiger partial charge is 0.259 e. The minimum absolute atomic E-state index is 0.116. The fourth-order valence-electron chi connectivity index (χ4n) is 3.35. The van der Waals surface area contributed by atoms with Crippen molar-refractivity contribution in [1.82, 2.24) is 14.7 Å². The lowest BCUT2D eigenvalue weighted by molar-refractivity contribution is -0.0228. The first-order valence-corrected chi connectivity index (χ1v) is 10.2. The molecule has 1 aliphatic heterocycles. The standard InChI is InChI=1S/C21H19BrClN3O2/c1-14-19(20(23)26(24-14)17-5-3-2-4-6-17)21(27)25-11-12-28-18(13-25)15-7-9-16(22)10-8-15/h2-10,18H,11-13H2,1H3. The third kappa shape index (κ3) is 3.72. The number of amides is 1. The van der Waals surface area contributed by atoms with Gasteiger partial charge in [-0.1, -0.05) is 57.9 Å². The summed E-state index contributed by atoms with van der Waals surface area (Å²) in [5, 5.41) is 4.82. The first-order chi connectivity index (χ1) is 13.5. The largest absolute Gasteiger partial charge is 0.370 e. The molecule has 4 rings (SSSR count). The molecule has 0 N–H and O–H groups in total. The van der Waals surface area contributed by atoms with Crippen LogP contribution in [0.25, 0.3) is 5.69 Å². The monoisotopic (exact) mass is 459 g/mol. The van der Waals surface area contributed by atoms with E-state index in [-0.39, 0.29) is 12.0 Å². The van der Waals surface area contributed by atoms with Crippen molar-refractivity contribution >= 4 is 33.4 Å². The highest BCUT2D eigenvalue weighted by Crippen LogP contribution is 2.28. The highest BCUT2D eigenvalue weighted by Gasteiger charge is 2.30. The number of morpholine rings is 1. The Hall–Kier alpha value is -2.15. The second kappa shape index (κ2) is 8.07. The Kier molecular flexibility index (Phi) is 5.53. The molecule has 1 aromatic heterocycles. The van der Waals surface area contributed by atoms with Crippen molar-refractivity contribution in [2.45, 2.75) is 13.0 Å². The molecule has 0 spiro atoms. The van der Waals surface area contributed by atoms with Crippen molar-refractivity contribution in [1.29, 1.82) is 0 Å². The maximum atomic E-state index is 13.2. The summed E-state index contributed by atoms with van der Waals surface area (Å²) < 4.78 is 8.51. The molecule has 3 aromatic rings. The summed E-state index contributed by atoms with van der Waals surface area (Å²) in [6, 6.07) is 17.5. The summed E-state index contributed by atoms with van der Waals surface area (Å²) in [6.45, 7) is 3.30. The molecule has 28 heavy (non-hydrogen) atoms. The van der Waals surface area contributed by atoms with E-state index < -0.39 is 0 Å². The lowest BCUT2D eigenvalue weighted by Gasteiger charge is -2.33. The van der Waals surface area contributed by atoms with Gasteiger partial charge in [0.15, 0.2) is 0 Å². The van der Waals surface area contributed by atoms with Crippen LogP contribution in [0, 0.1) is 6.92 Å². The maximum absolute atomic E-state index is 13.2. The van der Waals surface area contributed by atoms with Gasteiger partial charge in [-0.15, -0.1) is 0 Å². The Morgan fingerprint density at radius 1 is 1.18 bits per heavy atom. The Balaban J connectivity index is 1.59. The fraction of sp³-hybridized carbons (Fsp3) is 0.238. The van der Waals surface area contributed by atoms with Gasteiger partial charge in [-0.3, -0.25) is 4.79 Å². The van der Waals surface area contributed by atoms with E-state index in [1.54, 1.807) is 9.58 Å². The Morgan fingerprint density at radius 3 is 2.61 bits per heavy atom. The van der Waals surface area contributed by atoms with Gasteiger partial charge < -0.3 is 9.64 Å². The molecular formula is C21H19BrClN3O2. The highest BCUT2D eigenvalue weighted by molar-refractivity contribution is 9.10. The predicted octanol–water partition coefficient (Wildman–Crippen LogP) is 4.81. The van der Waals surface area contributed by atoms with Crippen molar-refractivity contribution < 1.29 is 9.53 Å². The van der Waals surface area contributed by atoms with Crippen LogP contribution in [-0.4, -0.2) is 40.3 Å². The molecule has 5 nitrogen and oxygen atoms in total. The van der Waals surface area contributed by atoms with Gasteiger partial charge in [-0.2, -0.15) is 5.10 Å². The first-order valence-electron chi connectivity index (χ1n) is 9.01. The normalized spacial score (nSPS) is 17.0. The molecule has 144 valence electrons. The molecule has 0 radical (unpaired) electrons. The van der Waals surface area contributed by atoms with E-state index in [2.05, 4.69) is 21.0 Å². The van der Waals surface area contributed by atoms with Gasteiger partial charge in [0, 0.05) is 11.0 Å². The van der Waals surface area contributed by atoms with Gasteiger partial charge in [-0.25, -0.2) is 4.68 Å². The molecule has 1 aliphatic rings. The van der Waals surface area contributed by atoms with Crippen LogP contribution in [0.1, 0.15) is 27.7 Å². The molecule has 1 saturated heterocycles.